The van der Waals surface area contributed by atoms with Crippen molar-refractivity contribution in [1.29, 1.82) is 0 Å². The Balaban J connectivity index is 0.00000200. The van der Waals surface area contributed by atoms with Gasteiger partial charge < -0.3 is 10.6 Å². The lowest BCUT2D eigenvalue weighted by Crippen LogP contribution is -2.54. The van der Waals surface area contributed by atoms with E-state index in [0.717, 1.165) is 25.1 Å². The number of benzene rings is 1. The second-order valence-electron chi connectivity index (χ2n) is 5.97. The molecular weight excluding hydrogens is 295 g/mol. The third-order valence-corrected chi connectivity index (χ3v) is 4.33. The fourth-order valence-corrected chi connectivity index (χ4v) is 2.71. The molecule has 1 aliphatic rings. The van der Waals surface area contributed by atoms with E-state index in [2.05, 4.69) is 13.8 Å². The summed E-state index contributed by atoms with van der Waals surface area (Å²) in [5.74, 6) is 0.132. The zero-order chi connectivity index (χ0) is 14.0. The Kier molecular flexibility index (Phi) is 5.87. The summed E-state index contributed by atoms with van der Waals surface area (Å²) in [6, 6.07) is 7.67. The lowest BCUT2D eigenvalue weighted by atomic mass is 9.79. The fraction of sp³-hybridized carbons (Fsp3) is 0.533. The molecule has 0 spiro atoms. The smallest absolute Gasteiger partial charge is 0.227 e. The number of carbonyl (C=O) groups is 1. The molecule has 0 aliphatic carbocycles. The molecule has 1 aliphatic heterocycles. The summed E-state index contributed by atoms with van der Waals surface area (Å²) < 4.78 is 0. The van der Waals surface area contributed by atoms with Gasteiger partial charge in [0.05, 0.1) is 6.42 Å². The topological polar surface area (TPSA) is 46.3 Å². The van der Waals surface area contributed by atoms with Crippen LogP contribution >= 0.6 is 24.0 Å². The van der Waals surface area contributed by atoms with Crippen LogP contribution < -0.4 is 5.73 Å². The Morgan fingerprint density at radius 1 is 1.45 bits per heavy atom. The van der Waals surface area contributed by atoms with Gasteiger partial charge in [0.15, 0.2) is 0 Å². The molecule has 3 nitrogen and oxygen atoms in total. The summed E-state index contributed by atoms with van der Waals surface area (Å²) in [7, 11) is 0. The third-order valence-electron chi connectivity index (χ3n) is 3.96. The number of nitrogens with zero attached hydrogens (tertiary/aromatic N) is 1. The van der Waals surface area contributed by atoms with E-state index in [9.17, 15) is 4.79 Å². The summed E-state index contributed by atoms with van der Waals surface area (Å²) in [6.45, 7) is 5.70. The normalized spacial score (nSPS) is 21.2. The first kappa shape index (κ1) is 17.3. The first-order valence-electron chi connectivity index (χ1n) is 6.67. The Labute approximate surface area is 131 Å². The molecule has 1 saturated heterocycles. The van der Waals surface area contributed by atoms with Crippen LogP contribution in [-0.2, 0) is 11.2 Å². The van der Waals surface area contributed by atoms with Crippen LogP contribution in [0.25, 0.3) is 0 Å². The summed E-state index contributed by atoms with van der Waals surface area (Å²) in [5, 5.41) is 0.656. The molecule has 1 aromatic rings. The van der Waals surface area contributed by atoms with Crippen LogP contribution in [0.4, 0.5) is 0 Å². The zero-order valence-corrected chi connectivity index (χ0v) is 13.5. The molecule has 2 N–H and O–H groups in total. The van der Waals surface area contributed by atoms with Crippen LogP contribution in [0.3, 0.4) is 0 Å². The molecule has 1 aromatic carbocycles. The summed E-state index contributed by atoms with van der Waals surface area (Å²) in [4.78, 5) is 14.3. The van der Waals surface area contributed by atoms with Crippen LogP contribution in [0.1, 0.15) is 25.8 Å². The van der Waals surface area contributed by atoms with Crippen molar-refractivity contribution in [2.75, 3.05) is 13.1 Å². The van der Waals surface area contributed by atoms with E-state index in [1.165, 1.54) is 0 Å². The fourth-order valence-electron chi connectivity index (χ4n) is 2.50. The predicted octanol–water partition coefficient (Wildman–Crippen LogP) is 2.89. The SMILES string of the molecule is CC1(C)CN(C(=O)Cc2ccccc2Cl)CCC1N.Cl. The standard InChI is InChI=1S/C15H21ClN2O.ClH/c1-15(2)10-18(8-7-13(15)17)14(19)9-11-5-3-4-6-12(11)16;/h3-6,13H,7-10,17H2,1-2H3;1H. The van der Waals surface area contributed by atoms with Gasteiger partial charge in [0.2, 0.25) is 5.91 Å². The van der Waals surface area contributed by atoms with Gasteiger partial charge in [0.1, 0.15) is 0 Å². The lowest BCUT2D eigenvalue weighted by Gasteiger charge is -2.42. The van der Waals surface area contributed by atoms with Crippen molar-refractivity contribution in [2.45, 2.75) is 32.7 Å². The van der Waals surface area contributed by atoms with E-state index in [4.69, 9.17) is 17.3 Å². The highest BCUT2D eigenvalue weighted by Gasteiger charge is 2.35. The number of piperidine rings is 1. The van der Waals surface area contributed by atoms with Gasteiger partial charge in [0, 0.05) is 24.2 Å². The Bertz CT molecular complexity index is 477. The van der Waals surface area contributed by atoms with E-state index in [1.54, 1.807) is 0 Å². The molecule has 5 heteroatoms. The van der Waals surface area contributed by atoms with Crippen molar-refractivity contribution < 1.29 is 4.79 Å². The van der Waals surface area contributed by atoms with Gasteiger partial charge in [-0.2, -0.15) is 0 Å². The maximum Gasteiger partial charge on any atom is 0.227 e. The number of likely N-dealkylation sites (tertiary alicyclic amines) is 1. The third kappa shape index (κ3) is 3.87. The minimum absolute atomic E-state index is 0. The number of hydrogen-bond acceptors (Lipinski definition) is 2. The van der Waals surface area contributed by atoms with Crippen molar-refractivity contribution in [2.24, 2.45) is 11.1 Å². The lowest BCUT2D eigenvalue weighted by molar-refractivity contribution is -0.133. The quantitative estimate of drug-likeness (QED) is 0.912. The minimum atomic E-state index is -0.0195. The largest absolute Gasteiger partial charge is 0.342 e. The van der Waals surface area contributed by atoms with Crippen LogP contribution in [0.2, 0.25) is 5.02 Å². The van der Waals surface area contributed by atoms with E-state index >= 15 is 0 Å². The molecule has 20 heavy (non-hydrogen) atoms. The molecule has 1 atom stereocenters. The second-order valence-corrected chi connectivity index (χ2v) is 6.37. The van der Waals surface area contributed by atoms with Gasteiger partial charge in [-0.3, -0.25) is 4.79 Å². The number of hydrogen-bond donors (Lipinski definition) is 1. The first-order valence-corrected chi connectivity index (χ1v) is 7.05. The molecule has 1 heterocycles. The number of amides is 1. The monoisotopic (exact) mass is 316 g/mol. The van der Waals surface area contributed by atoms with E-state index < -0.39 is 0 Å². The first-order chi connectivity index (χ1) is 8.90. The van der Waals surface area contributed by atoms with Crippen molar-refractivity contribution in [3.05, 3.63) is 34.9 Å². The van der Waals surface area contributed by atoms with Crippen LogP contribution in [0, 0.1) is 5.41 Å². The molecule has 0 aromatic heterocycles. The second kappa shape index (κ2) is 6.79. The van der Waals surface area contributed by atoms with Crippen molar-refractivity contribution >= 4 is 29.9 Å². The van der Waals surface area contributed by atoms with Gasteiger partial charge in [-0.25, -0.2) is 0 Å². The Hall–Kier alpha value is -0.770. The van der Waals surface area contributed by atoms with Gasteiger partial charge in [-0.05, 0) is 23.5 Å². The maximum atomic E-state index is 12.3. The average Bonchev–Trinajstić information content (AvgIpc) is 2.35. The van der Waals surface area contributed by atoms with Gasteiger partial charge in [0.25, 0.3) is 0 Å². The van der Waals surface area contributed by atoms with Crippen molar-refractivity contribution in [1.82, 2.24) is 4.90 Å². The molecule has 1 amide bonds. The summed E-state index contributed by atoms with van der Waals surface area (Å²) in [6.07, 6.45) is 1.23. The molecule has 0 radical (unpaired) electrons. The highest BCUT2D eigenvalue weighted by molar-refractivity contribution is 6.31. The van der Waals surface area contributed by atoms with E-state index in [1.807, 2.05) is 29.2 Å². The zero-order valence-electron chi connectivity index (χ0n) is 11.9. The number of rotatable bonds is 2. The van der Waals surface area contributed by atoms with Crippen LogP contribution in [0.5, 0.6) is 0 Å². The molecule has 1 unspecified atom stereocenters. The number of halogens is 2. The van der Waals surface area contributed by atoms with Crippen LogP contribution in [-0.4, -0.2) is 29.9 Å². The molecule has 2 rings (SSSR count). The highest BCUT2D eigenvalue weighted by atomic mass is 35.5. The highest BCUT2D eigenvalue weighted by Crippen LogP contribution is 2.28. The molecule has 1 fully saturated rings. The maximum absolute atomic E-state index is 12.3. The minimum Gasteiger partial charge on any atom is -0.342 e. The van der Waals surface area contributed by atoms with E-state index in [-0.39, 0.29) is 29.8 Å². The number of nitrogens with two attached hydrogens (primary N) is 1. The Morgan fingerprint density at radius 2 is 2.10 bits per heavy atom. The van der Waals surface area contributed by atoms with E-state index in [0.29, 0.717) is 11.4 Å². The summed E-state index contributed by atoms with van der Waals surface area (Å²) >= 11 is 6.10. The molecular formula is C15H22Cl2N2O. The van der Waals surface area contributed by atoms with Crippen molar-refractivity contribution in [3.63, 3.8) is 0 Å². The molecule has 0 bridgehead atoms. The molecule has 0 saturated carbocycles. The van der Waals surface area contributed by atoms with Gasteiger partial charge >= 0.3 is 0 Å². The summed E-state index contributed by atoms with van der Waals surface area (Å²) in [5.41, 5.74) is 6.96. The molecule has 112 valence electrons. The van der Waals surface area contributed by atoms with Gasteiger partial charge in [-0.15, -0.1) is 12.4 Å². The number of carbonyl (C=O) groups excluding carboxylic acids is 1. The average molecular weight is 317 g/mol. The Morgan fingerprint density at radius 3 is 2.70 bits per heavy atom. The van der Waals surface area contributed by atoms with Crippen molar-refractivity contribution in [3.8, 4) is 0 Å². The van der Waals surface area contributed by atoms with Crippen LogP contribution in [0.15, 0.2) is 24.3 Å². The predicted molar refractivity (Wildman–Crippen MR) is 85.4 cm³/mol. The van der Waals surface area contributed by atoms with Gasteiger partial charge in [-0.1, -0.05) is 43.6 Å².